The number of amides is 1. The minimum absolute atomic E-state index is 0.0249. The summed E-state index contributed by atoms with van der Waals surface area (Å²) in [4.78, 5) is 10.7. The summed E-state index contributed by atoms with van der Waals surface area (Å²) >= 11 is 0. The molecule has 0 aromatic heterocycles. The van der Waals surface area contributed by atoms with Crippen LogP contribution in [0.15, 0.2) is 0 Å². The average Bonchev–Trinajstić information content (AvgIpc) is 1.82. The molecule has 0 aromatic carbocycles. The van der Waals surface area contributed by atoms with Gasteiger partial charge >= 0.3 is 0 Å². The lowest BCUT2D eigenvalue weighted by molar-refractivity contribution is -0.125. The van der Waals surface area contributed by atoms with Crippen molar-refractivity contribution >= 4 is 5.91 Å². The first-order valence-corrected chi connectivity index (χ1v) is 2.95. The minimum atomic E-state index is 0.0249. The largest absolute Gasteiger partial charge is 0.364 e. The van der Waals surface area contributed by atoms with Crippen molar-refractivity contribution < 1.29 is 9.53 Å². The lowest BCUT2D eigenvalue weighted by Gasteiger charge is -2.04. The van der Waals surface area contributed by atoms with Gasteiger partial charge in [-0.05, 0) is 0 Å². The number of rotatable bonds is 3. The summed E-state index contributed by atoms with van der Waals surface area (Å²) in [5.74, 6) is 0.0667. The molecule has 1 amide bonds. The third-order valence-electron chi connectivity index (χ3n) is 0.915. The van der Waals surface area contributed by atoms with E-state index in [1.807, 2.05) is 13.8 Å². The van der Waals surface area contributed by atoms with Gasteiger partial charge in [-0.3, -0.25) is 4.79 Å². The molecule has 0 heterocycles. The first-order chi connectivity index (χ1) is 4.18. The van der Waals surface area contributed by atoms with E-state index in [-0.39, 0.29) is 11.8 Å². The van der Waals surface area contributed by atoms with Crippen LogP contribution in [0.25, 0.3) is 0 Å². The van der Waals surface area contributed by atoms with E-state index in [4.69, 9.17) is 0 Å². The summed E-state index contributed by atoms with van der Waals surface area (Å²) in [5, 5.41) is 2.57. The molecule has 0 aliphatic heterocycles. The zero-order valence-corrected chi connectivity index (χ0v) is 6.10. The Morgan fingerprint density at radius 3 is 2.56 bits per heavy atom. The van der Waals surface area contributed by atoms with Crippen LogP contribution in [-0.4, -0.2) is 19.7 Å². The molecule has 0 aliphatic rings. The maximum Gasteiger partial charge on any atom is 0.224 e. The van der Waals surface area contributed by atoms with Crippen molar-refractivity contribution in [2.45, 2.75) is 13.8 Å². The van der Waals surface area contributed by atoms with E-state index in [0.29, 0.717) is 6.73 Å². The molecule has 0 aliphatic carbocycles. The Morgan fingerprint density at radius 1 is 1.67 bits per heavy atom. The highest BCUT2D eigenvalue weighted by molar-refractivity contribution is 5.77. The quantitative estimate of drug-likeness (QED) is 0.562. The van der Waals surface area contributed by atoms with Gasteiger partial charge in [0, 0.05) is 13.0 Å². The molecule has 0 spiro atoms. The fourth-order valence-corrected chi connectivity index (χ4v) is 0.347. The summed E-state index contributed by atoms with van der Waals surface area (Å²) in [6.07, 6.45) is 0. The van der Waals surface area contributed by atoms with Gasteiger partial charge in [-0.25, -0.2) is 0 Å². The lowest BCUT2D eigenvalue weighted by Crippen LogP contribution is -2.29. The number of methoxy groups -OCH3 is 1. The molecule has 0 rings (SSSR count). The number of hydrogen-bond acceptors (Lipinski definition) is 2. The van der Waals surface area contributed by atoms with Crippen molar-refractivity contribution in [1.82, 2.24) is 5.32 Å². The summed E-state index contributed by atoms with van der Waals surface area (Å²) in [7, 11) is 1.54. The second kappa shape index (κ2) is 4.32. The zero-order chi connectivity index (χ0) is 7.28. The van der Waals surface area contributed by atoms with E-state index < -0.39 is 0 Å². The maximum atomic E-state index is 10.7. The van der Waals surface area contributed by atoms with Gasteiger partial charge in [-0.15, -0.1) is 0 Å². The van der Waals surface area contributed by atoms with Gasteiger partial charge in [0.2, 0.25) is 5.91 Å². The van der Waals surface area contributed by atoms with E-state index >= 15 is 0 Å². The topological polar surface area (TPSA) is 38.3 Å². The van der Waals surface area contributed by atoms with Crippen LogP contribution in [0.3, 0.4) is 0 Å². The van der Waals surface area contributed by atoms with Gasteiger partial charge in [-0.2, -0.15) is 0 Å². The molecule has 9 heavy (non-hydrogen) atoms. The zero-order valence-electron chi connectivity index (χ0n) is 6.10. The fourth-order valence-electron chi connectivity index (χ4n) is 0.347. The Kier molecular flexibility index (Phi) is 4.05. The predicted molar refractivity (Wildman–Crippen MR) is 34.9 cm³/mol. The number of nitrogens with one attached hydrogen (secondary N) is 1. The van der Waals surface area contributed by atoms with Crippen molar-refractivity contribution in [3.8, 4) is 0 Å². The van der Waals surface area contributed by atoms with E-state index in [0.717, 1.165) is 0 Å². The first kappa shape index (κ1) is 8.43. The van der Waals surface area contributed by atoms with E-state index in [1.54, 1.807) is 7.11 Å². The molecule has 0 radical (unpaired) electrons. The highest BCUT2D eigenvalue weighted by atomic mass is 16.5. The van der Waals surface area contributed by atoms with E-state index in [1.165, 1.54) is 0 Å². The van der Waals surface area contributed by atoms with Gasteiger partial charge in [-0.1, -0.05) is 13.8 Å². The van der Waals surface area contributed by atoms with Crippen LogP contribution >= 0.6 is 0 Å². The summed E-state index contributed by atoms with van der Waals surface area (Å²) in [6, 6.07) is 0. The van der Waals surface area contributed by atoms with Crippen molar-refractivity contribution in [1.29, 1.82) is 0 Å². The number of carbonyl (C=O) groups is 1. The van der Waals surface area contributed by atoms with Crippen LogP contribution in [0, 0.1) is 5.92 Å². The van der Waals surface area contributed by atoms with Crippen molar-refractivity contribution in [2.24, 2.45) is 5.92 Å². The molecule has 0 unspecified atom stereocenters. The van der Waals surface area contributed by atoms with E-state index in [9.17, 15) is 4.79 Å². The molecule has 0 fully saturated rings. The second-order valence-corrected chi connectivity index (χ2v) is 2.13. The van der Waals surface area contributed by atoms with Crippen LogP contribution in [0.5, 0.6) is 0 Å². The molecular formula is C6H13NO2. The SMILES string of the molecule is COCNC(=O)C(C)C. The second-order valence-electron chi connectivity index (χ2n) is 2.13. The van der Waals surface area contributed by atoms with Crippen molar-refractivity contribution in [2.75, 3.05) is 13.8 Å². The summed E-state index contributed by atoms with van der Waals surface area (Å²) in [6.45, 7) is 3.98. The molecule has 0 bridgehead atoms. The number of hydrogen-bond donors (Lipinski definition) is 1. The number of carbonyl (C=O) groups excluding carboxylic acids is 1. The molecule has 0 saturated carbocycles. The molecule has 0 saturated heterocycles. The predicted octanol–water partition coefficient (Wildman–Crippen LogP) is 0.362. The van der Waals surface area contributed by atoms with Gasteiger partial charge in [0.05, 0.1) is 0 Å². The monoisotopic (exact) mass is 131 g/mol. The number of ether oxygens (including phenoxy) is 1. The fraction of sp³-hybridized carbons (Fsp3) is 0.833. The maximum absolute atomic E-state index is 10.7. The lowest BCUT2D eigenvalue weighted by atomic mass is 10.2. The van der Waals surface area contributed by atoms with Crippen LogP contribution in [0.1, 0.15) is 13.8 Å². The van der Waals surface area contributed by atoms with Crippen LogP contribution < -0.4 is 5.32 Å². The Labute approximate surface area is 55.4 Å². The van der Waals surface area contributed by atoms with Gasteiger partial charge in [0.15, 0.2) is 0 Å². The van der Waals surface area contributed by atoms with Crippen LogP contribution in [0.4, 0.5) is 0 Å². The molecule has 3 nitrogen and oxygen atoms in total. The van der Waals surface area contributed by atoms with Crippen LogP contribution in [0.2, 0.25) is 0 Å². The molecule has 0 aromatic rings. The highest BCUT2D eigenvalue weighted by Gasteiger charge is 2.03. The summed E-state index contributed by atoms with van der Waals surface area (Å²) in [5.41, 5.74) is 0. The smallest absolute Gasteiger partial charge is 0.224 e. The molecule has 0 atom stereocenters. The molecule has 3 heteroatoms. The first-order valence-electron chi connectivity index (χ1n) is 2.95. The van der Waals surface area contributed by atoms with Gasteiger partial charge < -0.3 is 10.1 Å². The average molecular weight is 131 g/mol. The van der Waals surface area contributed by atoms with Crippen molar-refractivity contribution in [3.63, 3.8) is 0 Å². The summed E-state index contributed by atoms with van der Waals surface area (Å²) < 4.78 is 4.63. The highest BCUT2D eigenvalue weighted by Crippen LogP contribution is 1.88. The standard InChI is InChI=1S/C6H13NO2/c1-5(2)6(8)7-4-9-3/h5H,4H2,1-3H3,(H,7,8). The van der Waals surface area contributed by atoms with Crippen LogP contribution in [-0.2, 0) is 9.53 Å². The Morgan fingerprint density at radius 2 is 2.22 bits per heavy atom. The molecular weight excluding hydrogens is 118 g/mol. The Hall–Kier alpha value is -0.570. The molecule has 54 valence electrons. The third-order valence-corrected chi connectivity index (χ3v) is 0.915. The van der Waals surface area contributed by atoms with Gasteiger partial charge in [0.25, 0.3) is 0 Å². The van der Waals surface area contributed by atoms with Gasteiger partial charge in [0.1, 0.15) is 6.73 Å². The normalized spacial score (nSPS) is 9.78. The van der Waals surface area contributed by atoms with E-state index in [2.05, 4.69) is 10.1 Å². The molecule has 1 N–H and O–H groups in total. The minimum Gasteiger partial charge on any atom is -0.364 e. The Balaban J connectivity index is 3.28. The Bertz CT molecular complexity index is 91.1. The van der Waals surface area contributed by atoms with Crippen molar-refractivity contribution in [3.05, 3.63) is 0 Å². The third kappa shape index (κ3) is 3.97.